The standard InChI is InChI=1S/C11H14ClN5O/c1-7(12)9-16-8-3-2-4-14-10(8)17(9)6-5-15-11(13)18/h2-4,7H,5-6H2,1H3,(H3,13,15,18). The van der Waals surface area contributed by atoms with Gasteiger partial charge in [-0.05, 0) is 19.1 Å². The normalized spacial score (nSPS) is 12.6. The molecule has 0 fully saturated rings. The van der Waals surface area contributed by atoms with E-state index in [0.29, 0.717) is 13.1 Å². The summed E-state index contributed by atoms with van der Waals surface area (Å²) < 4.78 is 1.89. The van der Waals surface area contributed by atoms with Crippen LogP contribution in [0.5, 0.6) is 0 Å². The third-order valence-corrected chi connectivity index (χ3v) is 2.72. The topological polar surface area (TPSA) is 85.8 Å². The summed E-state index contributed by atoms with van der Waals surface area (Å²) in [5, 5.41) is 2.31. The number of amides is 2. The third kappa shape index (κ3) is 2.53. The van der Waals surface area contributed by atoms with Crippen LogP contribution in [0.15, 0.2) is 18.3 Å². The lowest BCUT2D eigenvalue weighted by Gasteiger charge is -2.09. The Labute approximate surface area is 109 Å². The monoisotopic (exact) mass is 267 g/mol. The molecule has 0 radical (unpaired) electrons. The highest BCUT2D eigenvalue weighted by atomic mass is 35.5. The lowest BCUT2D eigenvalue weighted by Crippen LogP contribution is -2.32. The van der Waals surface area contributed by atoms with Crippen molar-refractivity contribution in [2.45, 2.75) is 18.8 Å². The van der Waals surface area contributed by atoms with Gasteiger partial charge in [-0.3, -0.25) is 0 Å². The number of rotatable bonds is 4. The number of carbonyl (C=O) groups is 1. The molecule has 1 atom stereocenters. The maximum absolute atomic E-state index is 10.7. The van der Waals surface area contributed by atoms with Crippen LogP contribution in [0.2, 0.25) is 0 Å². The lowest BCUT2D eigenvalue weighted by atomic mass is 10.4. The van der Waals surface area contributed by atoms with E-state index in [2.05, 4.69) is 15.3 Å². The van der Waals surface area contributed by atoms with E-state index in [9.17, 15) is 4.79 Å². The SMILES string of the molecule is CC(Cl)c1nc2cccnc2n1CCNC(N)=O. The summed E-state index contributed by atoms with van der Waals surface area (Å²) in [5.41, 5.74) is 6.57. The molecule has 2 aromatic rings. The fourth-order valence-corrected chi connectivity index (χ4v) is 1.96. The molecule has 2 amide bonds. The number of carbonyl (C=O) groups excluding carboxylic acids is 1. The molecule has 0 saturated heterocycles. The first kappa shape index (κ1) is 12.6. The minimum absolute atomic E-state index is 0.229. The second-order valence-corrected chi connectivity index (χ2v) is 4.53. The van der Waals surface area contributed by atoms with Crippen molar-refractivity contribution in [2.24, 2.45) is 5.73 Å². The summed E-state index contributed by atoms with van der Waals surface area (Å²) in [5.74, 6) is 0.733. The zero-order chi connectivity index (χ0) is 13.1. The Morgan fingerprint density at radius 1 is 1.67 bits per heavy atom. The minimum Gasteiger partial charge on any atom is -0.352 e. The Morgan fingerprint density at radius 3 is 3.11 bits per heavy atom. The van der Waals surface area contributed by atoms with Crippen LogP contribution in [0.25, 0.3) is 11.2 Å². The number of hydrogen-bond donors (Lipinski definition) is 2. The van der Waals surface area contributed by atoms with Crippen molar-refractivity contribution in [3.8, 4) is 0 Å². The first-order chi connectivity index (χ1) is 8.59. The van der Waals surface area contributed by atoms with Crippen LogP contribution in [-0.2, 0) is 6.54 Å². The number of fused-ring (bicyclic) bond motifs is 1. The molecule has 0 bridgehead atoms. The predicted octanol–water partition coefficient (Wildman–Crippen LogP) is 1.40. The number of primary amides is 1. The van der Waals surface area contributed by atoms with Crippen molar-refractivity contribution < 1.29 is 4.79 Å². The summed E-state index contributed by atoms with van der Waals surface area (Å²) in [6, 6.07) is 3.15. The fraction of sp³-hybridized carbons (Fsp3) is 0.364. The molecule has 6 nitrogen and oxygen atoms in total. The van der Waals surface area contributed by atoms with E-state index < -0.39 is 6.03 Å². The van der Waals surface area contributed by atoms with Crippen molar-refractivity contribution in [3.63, 3.8) is 0 Å². The highest BCUT2D eigenvalue weighted by molar-refractivity contribution is 6.20. The Bertz CT molecular complexity index is 566. The van der Waals surface area contributed by atoms with Gasteiger partial charge in [-0.2, -0.15) is 0 Å². The Balaban J connectivity index is 2.33. The summed E-state index contributed by atoms with van der Waals surface area (Å²) in [4.78, 5) is 19.4. The Morgan fingerprint density at radius 2 is 2.44 bits per heavy atom. The Kier molecular flexibility index (Phi) is 3.66. The smallest absolute Gasteiger partial charge is 0.312 e. The average Bonchev–Trinajstić information content (AvgIpc) is 2.68. The summed E-state index contributed by atoms with van der Waals surface area (Å²) in [6.07, 6.45) is 1.70. The van der Waals surface area contributed by atoms with Crippen molar-refractivity contribution in [2.75, 3.05) is 6.54 Å². The molecule has 2 aromatic heterocycles. The van der Waals surface area contributed by atoms with E-state index in [1.807, 2.05) is 23.6 Å². The minimum atomic E-state index is -0.548. The van der Waals surface area contributed by atoms with E-state index in [0.717, 1.165) is 17.0 Å². The van der Waals surface area contributed by atoms with Crippen LogP contribution >= 0.6 is 11.6 Å². The number of imidazole rings is 1. The average molecular weight is 268 g/mol. The number of nitrogens with zero attached hydrogens (tertiary/aromatic N) is 3. The maximum Gasteiger partial charge on any atom is 0.312 e. The number of nitrogens with one attached hydrogen (secondary N) is 1. The number of hydrogen-bond acceptors (Lipinski definition) is 3. The molecule has 0 spiro atoms. The highest BCUT2D eigenvalue weighted by Crippen LogP contribution is 2.22. The van der Waals surface area contributed by atoms with Gasteiger partial charge >= 0.3 is 6.03 Å². The van der Waals surface area contributed by atoms with Gasteiger partial charge in [-0.25, -0.2) is 14.8 Å². The molecule has 18 heavy (non-hydrogen) atoms. The van der Waals surface area contributed by atoms with E-state index in [-0.39, 0.29) is 5.38 Å². The molecule has 7 heteroatoms. The summed E-state index contributed by atoms with van der Waals surface area (Å²) in [6.45, 7) is 2.79. The number of halogens is 1. The first-order valence-electron chi connectivity index (χ1n) is 5.58. The van der Waals surface area contributed by atoms with Crippen LogP contribution < -0.4 is 11.1 Å². The number of alkyl halides is 1. The van der Waals surface area contributed by atoms with E-state index >= 15 is 0 Å². The quantitative estimate of drug-likeness (QED) is 0.821. The van der Waals surface area contributed by atoms with E-state index in [4.69, 9.17) is 17.3 Å². The zero-order valence-electron chi connectivity index (χ0n) is 9.93. The maximum atomic E-state index is 10.7. The molecule has 1 unspecified atom stereocenters. The van der Waals surface area contributed by atoms with Gasteiger partial charge in [0.15, 0.2) is 5.65 Å². The summed E-state index contributed by atoms with van der Waals surface area (Å²) >= 11 is 6.10. The van der Waals surface area contributed by atoms with Crippen molar-refractivity contribution >= 4 is 28.8 Å². The van der Waals surface area contributed by atoms with Gasteiger partial charge in [-0.15, -0.1) is 11.6 Å². The van der Waals surface area contributed by atoms with Crippen molar-refractivity contribution in [1.82, 2.24) is 19.9 Å². The van der Waals surface area contributed by atoms with E-state index in [1.165, 1.54) is 0 Å². The molecular formula is C11H14ClN5O. The van der Waals surface area contributed by atoms with Gasteiger partial charge in [0.2, 0.25) is 0 Å². The van der Waals surface area contributed by atoms with Crippen LogP contribution in [-0.4, -0.2) is 27.1 Å². The molecule has 0 aromatic carbocycles. The summed E-state index contributed by atoms with van der Waals surface area (Å²) in [7, 11) is 0. The molecule has 3 N–H and O–H groups in total. The van der Waals surface area contributed by atoms with Crippen LogP contribution in [0.1, 0.15) is 18.1 Å². The lowest BCUT2D eigenvalue weighted by molar-refractivity contribution is 0.248. The van der Waals surface area contributed by atoms with Gasteiger partial charge in [-0.1, -0.05) is 0 Å². The van der Waals surface area contributed by atoms with Gasteiger partial charge in [0.05, 0.1) is 5.38 Å². The third-order valence-electron chi connectivity index (χ3n) is 2.52. The fourth-order valence-electron chi connectivity index (χ4n) is 1.79. The molecule has 96 valence electrons. The van der Waals surface area contributed by atoms with Gasteiger partial charge in [0.1, 0.15) is 11.3 Å². The molecule has 0 aliphatic rings. The van der Waals surface area contributed by atoms with Gasteiger partial charge in [0.25, 0.3) is 0 Å². The van der Waals surface area contributed by atoms with Crippen molar-refractivity contribution in [3.05, 3.63) is 24.2 Å². The molecule has 0 aliphatic heterocycles. The predicted molar refractivity (Wildman–Crippen MR) is 69.4 cm³/mol. The van der Waals surface area contributed by atoms with Gasteiger partial charge in [0, 0.05) is 19.3 Å². The Hall–Kier alpha value is -1.82. The highest BCUT2D eigenvalue weighted by Gasteiger charge is 2.15. The number of aromatic nitrogens is 3. The molecular weight excluding hydrogens is 254 g/mol. The van der Waals surface area contributed by atoms with Crippen LogP contribution in [0.3, 0.4) is 0 Å². The van der Waals surface area contributed by atoms with Crippen LogP contribution in [0, 0.1) is 0 Å². The molecule has 0 aliphatic carbocycles. The second kappa shape index (κ2) is 5.22. The first-order valence-corrected chi connectivity index (χ1v) is 6.01. The largest absolute Gasteiger partial charge is 0.352 e. The van der Waals surface area contributed by atoms with E-state index in [1.54, 1.807) is 6.20 Å². The number of urea groups is 1. The zero-order valence-corrected chi connectivity index (χ0v) is 10.7. The van der Waals surface area contributed by atoms with Crippen LogP contribution in [0.4, 0.5) is 4.79 Å². The second-order valence-electron chi connectivity index (χ2n) is 3.87. The molecule has 2 rings (SSSR count). The number of pyridine rings is 1. The molecule has 2 heterocycles. The van der Waals surface area contributed by atoms with Gasteiger partial charge < -0.3 is 15.6 Å². The molecule has 0 saturated carbocycles. The van der Waals surface area contributed by atoms with Crippen molar-refractivity contribution in [1.29, 1.82) is 0 Å². The number of nitrogens with two attached hydrogens (primary N) is 1.